The van der Waals surface area contributed by atoms with E-state index in [0.29, 0.717) is 0 Å². The van der Waals surface area contributed by atoms with Gasteiger partial charge < -0.3 is 9.52 Å². The molecule has 4 nitrogen and oxygen atoms in total. The normalized spacial score (nSPS) is 12.6. The molecule has 0 aliphatic carbocycles. The quantitative estimate of drug-likeness (QED) is 0.630. The van der Waals surface area contributed by atoms with Crippen molar-refractivity contribution in [3.8, 4) is 5.75 Å². The molecule has 0 unspecified atom stereocenters. The number of carbonyl (C=O) groups excluding carboxylic acids is 1. The highest BCUT2D eigenvalue weighted by Crippen LogP contribution is 2.32. The summed E-state index contributed by atoms with van der Waals surface area (Å²) in [4.78, 5) is 21.5. The highest BCUT2D eigenvalue weighted by atomic mass is 19.4. The maximum atomic E-state index is 12.1. The lowest BCUT2D eigenvalue weighted by molar-refractivity contribution is -0.154. The van der Waals surface area contributed by atoms with Gasteiger partial charge in [0.15, 0.2) is 5.56 Å². The first-order chi connectivity index (χ1) is 7.94. The van der Waals surface area contributed by atoms with E-state index in [1.165, 1.54) is 0 Å². The van der Waals surface area contributed by atoms with Gasteiger partial charge in [-0.1, -0.05) is 0 Å². The highest BCUT2D eigenvalue weighted by molar-refractivity contribution is 6.01. The molecule has 10 heteroatoms. The van der Waals surface area contributed by atoms with Crippen molar-refractivity contribution in [2.45, 2.75) is 12.4 Å². The topological polar surface area (TPSA) is 67.5 Å². The molecule has 0 aliphatic rings. The van der Waals surface area contributed by atoms with E-state index in [1.54, 1.807) is 0 Å². The average Bonchev–Trinajstić information content (AvgIpc) is 2.13. The SMILES string of the molecule is O=C(c1c(O)cc(C(F)(F)F)oc1=O)C(F)(F)F. The first-order valence-electron chi connectivity index (χ1n) is 4.00. The fraction of sp³-hybridized carbons (Fsp3) is 0.250. The van der Waals surface area contributed by atoms with Crippen molar-refractivity contribution in [2.75, 3.05) is 0 Å². The van der Waals surface area contributed by atoms with Gasteiger partial charge in [-0.25, -0.2) is 4.79 Å². The third-order valence-corrected chi connectivity index (χ3v) is 1.69. The summed E-state index contributed by atoms with van der Waals surface area (Å²) in [5.74, 6) is -6.55. The van der Waals surface area contributed by atoms with E-state index < -0.39 is 40.8 Å². The molecule has 100 valence electrons. The zero-order valence-corrected chi connectivity index (χ0v) is 8.02. The minimum Gasteiger partial charge on any atom is -0.507 e. The van der Waals surface area contributed by atoms with Crippen LogP contribution in [0.2, 0.25) is 0 Å². The predicted octanol–water partition coefficient (Wildman–Crippen LogP) is 2.11. The Morgan fingerprint density at radius 1 is 1.17 bits per heavy atom. The van der Waals surface area contributed by atoms with Gasteiger partial charge in [-0.3, -0.25) is 4.79 Å². The summed E-state index contributed by atoms with van der Waals surface area (Å²) in [7, 11) is 0. The van der Waals surface area contributed by atoms with Crippen LogP contribution in [-0.4, -0.2) is 17.1 Å². The standard InChI is InChI=1S/C8H2F6O4/c9-7(10,11)3-1-2(15)4(6(17)18-3)5(16)8(12,13)14/h1,15H. The second-order valence-corrected chi connectivity index (χ2v) is 2.98. The summed E-state index contributed by atoms with van der Waals surface area (Å²) in [5.41, 5.74) is -4.11. The van der Waals surface area contributed by atoms with Gasteiger partial charge in [-0.2, -0.15) is 26.3 Å². The summed E-state index contributed by atoms with van der Waals surface area (Å²) < 4.78 is 75.6. The van der Waals surface area contributed by atoms with Crippen molar-refractivity contribution < 1.29 is 40.7 Å². The van der Waals surface area contributed by atoms with Gasteiger partial charge in [0, 0.05) is 6.07 Å². The van der Waals surface area contributed by atoms with Crippen LogP contribution in [0.1, 0.15) is 16.1 Å². The monoisotopic (exact) mass is 276 g/mol. The molecule has 0 spiro atoms. The Morgan fingerprint density at radius 2 is 1.67 bits per heavy atom. The molecule has 1 aromatic rings. The molecule has 0 atom stereocenters. The van der Waals surface area contributed by atoms with E-state index in [0.717, 1.165) is 0 Å². The first-order valence-corrected chi connectivity index (χ1v) is 4.00. The maximum absolute atomic E-state index is 12.1. The second kappa shape index (κ2) is 4.03. The van der Waals surface area contributed by atoms with Crippen molar-refractivity contribution in [3.05, 3.63) is 27.8 Å². The fourth-order valence-electron chi connectivity index (χ4n) is 0.972. The van der Waals surface area contributed by atoms with Crippen LogP contribution in [0.15, 0.2) is 15.3 Å². The van der Waals surface area contributed by atoms with E-state index in [-0.39, 0.29) is 6.07 Å². The molecule has 0 bridgehead atoms. The summed E-state index contributed by atoms with van der Waals surface area (Å²) in [5, 5.41) is 8.89. The van der Waals surface area contributed by atoms with Gasteiger partial charge in [0.25, 0.3) is 5.78 Å². The minimum atomic E-state index is -5.52. The third-order valence-electron chi connectivity index (χ3n) is 1.69. The Morgan fingerprint density at radius 3 is 2.00 bits per heavy atom. The van der Waals surface area contributed by atoms with Gasteiger partial charge in [0.1, 0.15) is 5.75 Å². The highest BCUT2D eigenvalue weighted by Gasteiger charge is 2.44. The number of alkyl halides is 6. The van der Waals surface area contributed by atoms with Crippen molar-refractivity contribution in [3.63, 3.8) is 0 Å². The summed E-state index contributed by atoms with van der Waals surface area (Å²) in [6.07, 6.45) is -10.7. The van der Waals surface area contributed by atoms with Crippen LogP contribution in [0.3, 0.4) is 0 Å². The summed E-state index contributed by atoms with van der Waals surface area (Å²) >= 11 is 0. The van der Waals surface area contributed by atoms with E-state index in [9.17, 15) is 35.9 Å². The van der Waals surface area contributed by atoms with Crippen LogP contribution in [0.25, 0.3) is 0 Å². The van der Waals surface area contributed by atoms with Gasteiger partial charge in [-0.15, -0.1) is 0 Å². The molecule has 0 aliphatic heterocycles. The third kappa shape index (κ3) is 2.63. The predicted molar refractivity (Wildman–Crippen MR) is 42.0 cm³/mol. The molecule has 0 saturated carbocycles. The van der Waals surface area contributed by atoms with Crippen molar-refractivity contribution in [1.82, 2.24) is 0 Å². The number of aromatic hydroxyl groups is 1. The largest absolute Gasteiger partial charge is 0.507 e. The Labute approximate surface area is 93.4 Å². The van der Waals surface area contributed by atoms with Crippen molar-refractivity contribution in [1.29, 1.82) is 0 Å². The molecule has 1 N–H and O–H groups in total. The number of halogens is 6. The molecular formula is C8H2F6O4. The lowest BCUT2D eigenvalue weighted by Crippen LogP contribution is -2.29. The van der Waals surface area contributed by atoms with Crippen LogP contribution in [0.5, 0.6) is 5.75 Å². The van der Waals surface area contributed by atoms with Crippen LogP contribution >= 0.6 is 0 Å². The second-order valence-electron chi connectivity index (χ2n) is 2.98. The van der Waals surface area contributed by atoms with Gasteiger partial charge in [-0.05, 0) is 0 Å². The van der Waals surface area contributed by atoms with E-state index in [1.807, 2.05) is 0 Å². The Hall–Kier alpha value is -2.00. The summed E-state index contributed by atoms with van der Waals surface area (Å²) in [6.45, 7) is 0. The lowest BCUT2D eigenvalue weighted by atomic mass is 10.1. The van der Waals surface area contributed by atoms with Crippen molar-refractivity contribution in [2.24, 2.45) is 0 Å². The van der Waals surface area contributed by atoms with E-state index in [2.05, 4.69) is 4.42 Å². The number of hydrogen-bond acceptors (Lipinski definition) is 4. The molecule has 1 aromatic heterocycles. The number of carbonyl (C=O) groups is 1. The number of Topliss-reactive ketones (excluding diaryl/α,β-unsaturated/α-hetero) is 1. The fourth-order valence-corrected chi connectivity index (χ4v) is 0.972. The molecular weight excluding hydrogens is 274 g/mol. The van der Waals surface area contributed by atoms with Gasteiger partial charge >= 0.3 is 18.0 Å². The first kappa shape index (κ1) is 14.1. The van der Waals surface area contributed by atoms with Crippen LogP contribution < -0.4 is 5.63 Å². The smallest absolute Gasteiger partial charge is 0.455 e. The number of ketones is 1. The van der Waals surface area contributed by atoms with Crippen LogP contribution in [-0.2, 0) is 6.18 Å². The molecule has 0 fully saturated rings. The van der Waals surface area contributed by atoms with Crippen molar-refractivity contribution >= 4 is 5.78 Å². The average molecular weight is 276 g/mol. The Kier molecular flexibility index (Phi) is 3.15. The molecule has 1 rings (SSSR count). The molecule has 0 saturated heterocycles. The molecule has 0 aromatic carbocycles. The van der Waals surface area contributed by atoms with Crippen LogP contribution in [0, 0.1) is 0 Å². The maximum Gasteiger partial charge on any atom is 0.455 e. The molecule has 0 amide bonds. The number of rotatable bonds is 1. The molecule has 0 radical (unpaired) electrons. The molecule has 1 heterocycles. The van der Waals surface area contributed by atoms with Crippen LogP contribution in [0.4, 0.5) is 26.3 Å². The Bertz CT molecular complexity index is 538. The lowest BCUT2D eigenvalue weighted by Gasteiger charge is -2.08. The van der Waals surface area contributed by atoms with E-state index >= 15 is 0 Å². The zero-order valence-electron chi connectivity index (χ0n) is 8.02. The minimum absolute atomic E-state index is 0.277. The van der Waals surface area contributed by atoms with Gasteiger partial charge in [0.2, 0.25) is 5.76 Å². The zero-order chi connectivity index (χ0) is 14.3. The molecule has 18 heavy (non-hydrogen) atoms. The summed E-state index contributed by atoms with van der Waals surface area (Å²) in [6, 6.07) is -0.277. The Balaban J connectivity index is 3.44. The number of hydrogen-bond donors (Lipinski definition) is 1. The van der Waals surface area contributed by atoms with E-state index in [4.69, 9.17) is 5.11 Å². The van der Waals surface area contributed by atoms with Gasteiger partial charge in [0.05, 0.1) is 0 Å².